The molecule has 0 radical (unpaired) electrons. The van der Waals surface area contributed by atoms with Crippen LogP contribution >= 0.6 is 0 Å². The van der Waals surface area contributed by atoms with Crippen LogP contribution in [-0.4, -0.2) is 26.9 Å². The maximum absolute atomic E-state index is 5.76. The number of methoxy groups -OCH3 is 1. The van der Waals surface area contributed by atoms with Crippen molar-refractivity contribution in [2.24, 2.45) is 0 Å². The average Bonchev–Trinajstić information content (AvgIpc) is 2.38. The Morgan fingerprint density at radius 1 is 1.11 bits per heavy atom. The first-order valence-electron chi connectivity index (χ1n) is 6.55. The van der Waals surface area contributed by atoms with Gasteiger partial charge < -0.3 is 14.2 Å². The van der Waals surface area contributed by atoms with Crippen molar-refractivity contribution >= 4 is 0 Å². The Bertz CT molecular complexity index is 361. The highest BCUT2D eigenvalue weighted by Crippen LogP contribution is 2.28. The smallest absolute Gasteiger partial charge is 0.127 e. The predicted molar refractivity (Wildman–Crippen MR) is 73.3 cm³/mol. The van der Waals surface area contributed by atoms with Gasteiger partial charge in [0.2, 0.25) is 0 Å². The van der Waals surface area contributed by atoms with E-state index >= 15 is 0 Å². The van der Waals surface area contributed by atoms with Crippen LogP contribution in [0.1, 0.15) is 30.5 Å². The van der Waals surface area contributed by atoms with Gasteiger partial charge in [-0.3, -0.25) is 0 Å². The van der Waals surface area contributed by atoms with Gasteiger partial charge in [0, 0.05) is 19.3 Å². The predicted octanol–water partition coefficient (Wildman–Crippen LogP) is 3.12. The van der Waals surface area contributed by atoms with E-state index in [1.54, 1.807) is 7.11 Å². The number of rotatable bonds is 8. The Morgan fingerprint density at radius 2 is 1.89 bits per heavy atom. The average molecular weight is 252 g/mol. The van der Waals surface area contributed by atoms with E-state index in [0.717, 1.165) is 23.3 Å². The van der Waals surface area contributed by atoms with Gasteiger partial charge in [0.1, 0.15) is 5.75 Å². The SMILES string of the molecule is CCOCc1c(CCOC)ccc(C)c1OCC. The molecule has 0 spiro atoms. The Balaban J connectivity index is 3.03. The molecule has 0 aliphatic heterocycles. The van der Waals surface area contributed by atoms with Crippen molar-refractivity contribution in [2.45, 2.75) is 33.8 Å². The maximum Gasteiger partial charge on any atom is 0.127 e. The van der Waals surface area contributed by atoms with Crippen LogP contribution < -0.4 is 4.74 Å². The first-order chi connectivity index (χ1) is 8.74. The van der Waals surface area contributed by atoms with Gasteiger partial charge in [0.25, 0.3) is 0 Å². The zero-order valence-electron chi connectivity index (χ0n) is 11.9. The summed E-state index contributed by atoms with van der Waals surface area (Å²) in [5, 5.41) is 0. The van der Waals surface area contributed by atoms with Crippen molar-refractivity contribution < 1.29 is 14.2 Å². The van der Waals surface area contributed by atoms with Crippen molar-refractivity contribution in [3.05, 3.63) is 28.8 Å². The second-order valence-corrected chi connectivity index (χ2v) is 4.16. The summed E-state index contributed by atoms with van der Waals surface area (Å²) in [6.07, 6.45) is 0.888. The Morgan fingerprint density at radius 3 is 2.50 bits per heavy atom. The third-order valence-electron chi connectivity index (χ3n) is 2.87. The van der Waals surface area contributed by atoms with Crippen molar-refractivity contribution in [1.82, 2.24) is 0 Å². The Labute approximate surface area is 110 Å². The van der Waals surface area contributed by atoms with Crippen LogP contribution in [0, 0.1) is 6.92 Å². The number of hydrogen-bond donors (Lipinski definition) is 0. The lowest BCUT2D eigenvalue weighted by Crippen LogP contribution is -2.07. The first kappa shape index (κ1) is 15.0. The fraction of sp³-hybridized carbons (Fsp3) is 0.600. The largest absolute Gasteiger partial charge is 0.493 e. The van der Waals surface area contributed by atoms with E-state index in [2.05, 4.69) is 19.1 Å². The lowest BCUT2D eigenvalue weighted by Gasteiger charge is -2.17. The highest BCUT2D eigenvalue weighted by Gasteiger charge is 2.12. The summed E-state index contributed by atoms with van der Waals surface area (Å²) in [4.78, 5) is 0. The van der Waals surface area contributed by atoms with Gasteiger partial charge in [-0.25, -0.2) is 0 Å². The molecular weight excluding hydrogens is 228 g/mol. The zero-order chi connectivity index (χ0) is 13.4. The minimum absolute atomic E-state index is 0.604. The summed E-state index contributed by atoms with van der Waals surface area (Å²) in [6.45, 7) is 8.79. The van der Waals surface area contributed by atoms with Crippen molar-refractivity contribution in [2.75, 3.05) is 26.9 Å². The number of hydrogen-bond acceptors (Lipinski definition) is 3. The maximum atomic E-state index is 5.76. The van der Waals surface area contributed by atoms with Crippen LogP contribution in [0.4, 0.5) is 0 Å². The number of benzene rings is 1. The molecule has 0 amide bonds. The molecular formula is C15H24O3. The molecule has 0 saturated carbocycles. The van der Waals surface area contributed by atoms with E-state index < -0.39 is 0 Å². The lowest BCUT2D eigenvalue weighted by atomic mass is 10.0. The first-order valence-corrected chi connectivity index (χ1v) is 6.55. The normalized spacial score (nSPS) is 10.7. The topological polar surface area (TPSA) is 27.7 Å². The fourth-order valence-corrected chi connectivity index (χ4v) is 1.94. The summed E-state index contributed by atoms with van der Waals surface area (Å²) in [7, 11) is 1.72. The molecule has 0 N–H and O–H groups in total. The van der Waals surface area contributed by atoms with Crippen LogP contribution in [0.25, 0.3) is 0 Å². The monoisotopic (exact) mass is 252 g/mol. The molecule has 1 aromatic carbocycles. The second kappa shape index (κ2) is 8.11. The van der Waals surface area contributed by atoms with Crippen molar-refractivity contribution in [1.29, 1.82) is 0 Å². The summed E-state index contributed by atoms with van der Waals surface area (Å²) < 4.78 is 16.5. The highest BCUT2D eigenvalue weighted by atomic mass is 16.5. The van der Waals surface area contributed by atoms with Gasteiger partial charge in [0.15, 0.2) is 0 Å². The third kappa shape index (κ3) is 4.00. The van der Waals surface area contributed by atoms with E-state index in [4.69, 9.17) is 14.2 Å². The molecule has 0 bridgehead atoms. The molecule has 18 heavy (non-hydrogen) atoms. The molecule has 3 heteroatoms. The van der Waals surface area contributed by atoms with Gasteiger partial charge in [0.05, 0.1) is 19.8 Å². The number of ether oxygens (including phenoxy) is 3. The van der Waals surface area contributed by atoms with Crippen LogP contribution in [0.2, 0.25) is 0 Å². The third-order valence-corrected chi connectivity index (χ3v) is 2.87. The second-order valence-electron chi connectivity index (χ2n) is 4.16. The summed E-state index contributed by atoms with van der Waals surface area (Å²) in [5.74, 6) is 0.972. The Hall–Kier alpha value is -1.06. The van der Waals surface area contributed by atoms with Crippen molar-refractivity contribution in [3.63, 3.8) is 0 Å². The number of aryl methyl sites for hydroxylation is 1. The van der Waals surface area contributed by atoms with Crippen molar-refractivity contribution in [3.8, 4) is 5.75 Å². The van der Waals surface area contributed by atoms with Crippen LogP contribution in [-0.2, 0) is 22.5 Å². The minimum atomic E-state index is 0.604. The van der Waals surface area contributed by atoms with Gasteiger partial charge in [-0.1, -0.05) is 12.1 Å². The van der Waals surface area contributed by atoms with Gasteiger partial charge in [-0.2, -0.15) is 0 Å². The molecule has 1 aromatic rings. The summed E-state index contributed by atoms with van der Waals surface area (Å²) in [5.41, 5.74) is 3.57. The summed E-state index contributed by atoms with van der Waals surface area (Å²) >= 11 is 0. The molecule has 0 fully saturated rings. The molecule has 0 atom stereocenters. The highest BCUT2D eigenvalue weighted by molar-refractivity contribution is 5.46. The molecule has 0 aliphatic rings. The van der Waals surface area contributed by atoms with Gasteiger partial charge in [-0.05, 0) is 38.3 Å². The minimum Gasteiger partial charge on any atom is -0.493 e. The molecule has 0 aliphatic carbocycles. The van der Waals surface area contributed by atoms with E-state index in [1.165, 1.54) is 5.56 Å². The lowest BCUT2D eigenvalue weighted by molar-refractivity contribution is 0.130. The standard InChI is InChI=1S/C15H24O3/c1-5-17-11-14-13(9-10-16-4)8-7-12(3)15(14)18-6-2/h7-8H,5-6,9-11H2,1-4H3. The zero-order valence-corrected chi connectivity index (χ0v) is 11.9. The van der Waals surface area contributed by atoms with Gasteiger partial charge in [-0.15, -0.1) is 0 Å². The Kier molecular flexibility index (Phi) is 6.76. The quantitative estimate of drug-likeness (QED) is 0.711. The van der Waals surface area contributed by atoms with Crippen LogP contribution in [0.5, 0.6) is 5.75 Å². The molecule has 0 aromatic heterocycles. The molecule has 1 rings (SSSR count). The van der Waals surface area contributed by atoms with Crippen LogP contribution in [0.3, 0.4) is 0 Å². The van der Waals surface area contributed by atoms with Gasteiger partial charge >= 0.3 is 0 Å². The van der Waals surface area contributed by atoms with Crippen LogP contribution in [0.15, 0.2) is 12.1 Å². The molecule has 0 heterocycles. The van der Waals surface area contributed by atoms with E-state index in [0.29, 0.717) is 26.4 Å². The molecule has 102 valence electrons. The van der Waals surface area contributed by atoms with E-state index in [1.807, 2.05) is 13.8 Å². The fourth-order valence-electron chi connectivity index (χ4n) is 1.94. The van der Waals surface area contributed by atoms with E-state index in [-0.39, 0.29) is 0 Å². The molecule has 3 nitrogen and oxygen atoms in total. The van der Waals surface area contributed by atoms with E-state index in [9.17, 15) is 0 Å². The molecule has 0 saturated heterocycles. The molecule has 0 unspecified atom stereocenters. The summed E-state index contributed by atoms with van der Waals surface area (Å²) in [6, 6.07) is 4.25.